The van der Waals surface area contributed by atoms with E-state index in [9.17, 15) is 0 Å². The number of nitrogens with one attached hydrogen (secondary N) is 1. The third-order valence-corrected chi connectivity index (χ3v) is 2.91. The van der Waals surface area contributed by atoms with Gasteiger partial charge in [-0.1, -0.05) is 26.2 Å². The molecule has 1 aliphatic rings. The molecule has 0 amide bonds. The quantitative estimate of drug-likeness (QED) is 0.594. The maximum absolute atomic E-state index is 5.80. The molecule has 0 saturated heterocycles. The molecule has 0 aromatic heterocycles. The first-order valence-electron chi connectivity index (χ1n) is 5.68. The van der Waals surface area contributed by atoms with E-state index in [2.05, 4.69) is 19.2 Å². The molecular formula is C11H24N2. The van der Waals surface area contributed by atoms with Crippen molar-refractivity contribution in [3.8, 4) is 0 Å². The van der Waals surface area contributed by atoms with E-state index >= 15 is 0 Å². The summed E-state index contributed by atoms with van der Waals surface area (Å²) < 4.78 is 0. The van der Waals surface area contributed by atoms with E-state index in [4.69, 9.17) is 5.73 Å². The molecule has 1 atom stereocenters. The summed E-state index contributed by atoms with van der Waals surface area (Å²) in [5.41, 5.74) is 6.01. The van der Waals surface area contributed by atoms with Crippen LogP contribution in [0.1, 0.15) is 52.4 Å². The summed E-state index contributed by atoms with van der Waals surface area (Å²) in [5, 5.41) is 3.65. The minimum Gasteiger partial charge on any atom is -0.329 e. The summed E-state index contributed by atoms with van der Waals surface area (Å²) in [4.78, 5) is 0. The Balaban J connectivity index is 2.20. The Hall–Kier alpha value is -0.0800. The molecule has 13 heavy (non-hydrogen) atoms. The molecule has 1 rings (SSSR count). The van der Waals surface area contributed by atoms with Crippen LogP contribution in [0.4, 0.5) is 0 Å². The molecule has 0 bridgehead atoms. The molecule has 1 saturated carbocycles. The van der Waals surface area contributed by atoms with E-state index in [1.807, 2.05) is 0 Å². The van der Waals surface area contributed by atoms with Crippen LogP contribution in [-0.4, -0.2) is 18.1 Å². The van der Waals surface area contributed by atoms with Crippen LogP contribution in [0.5, 0.6) is 0 Å². The maximum Gasteiger partial charge on any atom is 0.0278 e. The first kappa shape index (κ1) is 11.0. The lowest BCUT2D eigenvalue weighted by molar-refractivity contribution is 0.324. The van der Waals surface area contributed by atoms with Crippen LogP contribution in [0.15, 0.2) is 0 Å². The van der Waals surface area contributed by atoms with Gasteiger partial charge in [-0.05, 0) is 26.2 Å². The largest absolute Gasteiger partial charge is 0.329 e. The van der Waals surface area contributed by atoms with Crippen LogP contribution in [0.3, 0.4) is 0 Å². The van der Waals surface area contributed by atoms with E-state index in [1.54, 1.807) is 0 Å². The Bertz CT molecular complexity index is 143. The van der Waals surface area contributed by atoms with Crippen molar-refractivity contribution in [3.63, 3.8) is 0 Å². The molecule has 0 aliphatic heterocycles. The highest BCUT2D eigenvalue weighted by Crippen LogP contribution is 2.24. The second-order valence-corrected chi connectivity index (χ2v) is 4.64. The summed E-state index contributed by atoms with van der Waals surface area (Å²) in [7, 11) is 0. The Morgan fingerprint density at radius 2 is 2.08 bits per heavy atom. The number of nitrogens with two attached hydrogens (primary N) is 1. The summed E-state index contributed by atoms with van der Waals surface area (Å²) in [6, 6.07) is 0.773. The second-order valence-electron chi connectivity index (χ2n) is 4.64. The van der Waals surface area contributed by atoms with Gasteiger partial charge in [0.2, 0.25) is 0 Å². The monoisotopic (exact) mass is 184 g/mol. The first-order chi connectivity index (χ1) is 6.20. The van der Waals surface area contributed by atoms with Crippen molar-refractivity contribution in [1.82, 2.24) is 5.32 Å². The van der Waals surface area contributed by atoms with Gasteiger partial charge in [0.1, 0.15) is 0 Å². The van der Waals surface area contributed by atoms with Gasteiger partial charge >= 0.3 is 0 Å². The van der Waals surface area contributed by atoms with Crippen LogP contribution in [0.25, 0.3) is 0 Å². The minimum absolute atomic E-state index is 0.205. The zero-order valence-electron chi connectivity index (χ0n) is 9.10. The number of unbranched alkanes of at least 4 members (excludes halogenated alkanes) is 2. The summed E-state index contributed by atoms with van der Waals surface area (Å²) >= 11 is 0. The van der Waals surface area contributed by atoms with Crippen molar-refractivity contribution >= 4 is 0 Å². The van der Waals surface area contributed by atoms with Crippen molar-refractivity contribution < 1.29 is 0 Å². The van der Waals surface area contributed by atoms with Gasteiger partial charge in [-0.3, -0.25) is 0 Å². The molecule has 1 fully saturated rings. The van der Waals surface area contributed by atoms with Gasteiger partial charge in [0.05, 0.1) is 0 Å². The van der Waals surface area contributed by atoms with Crippen molar-refractivity contribution in [1.29, 1.82) is 0 Å². The van der Waals surface area contributed by atoms with Gasteiger partial charge in [0.25, 0.3) is 0 Å². The average molecular weight is 184 g/mol. The molecule has 1 aliphatic carbocycles. The van der Waals surface area contributed by atoms with E-state index in [0.717, 1.165) is 12.6 Å². The lowest BCUT2D eigenvalue weighted by Gasteiger charge is -2.29. The normalized spacial score (nSPS) is 21.5. The predicted molar refractivity (Wildman–Crippen MR) is 57.8 cm³/mol. The molecule has 78 valence electrons. The maximum atomic E-state index is 5.80. The van der Waals surface area contributed by atoms with Crippen LogP contribution in [0, 0.1) is 0 Å². The van der Waals surface area contributed by atoms with Gasteiger partial charge in [-0.2, -0.15) is 0 Å². The Morgan fingerprint density at radius 3 is 2.54 bits per heavy atom. The molecule has 0 spiro atoms. The van der Waals surface area contributed by atoms with Gasteiger partial charge in [-0.25, -0.2) is 0 Å². The van der Waals surface area contributed by atoms with Crippen LogP contribution in [0.2, 0.25) is 0 Å². The summed E-state index contributed by atoms with van der Waals surface area (Å²) in [6.45, 7) is 5.28. The highest BCUT2D eigenvalue weighted by molar-refractivity contribution is 4.93. The second kappa shape index (κ2) is 4.97. The highest BCUT2D eigenvalue weighted by atomic mass is 15.0. The summed E-state index contributed by atoms with van der Waals surface area (Å²) in [5.74, 6) is 0. The lowest BCUT2D eigenvalue weighted by atomic mass is 9.94. The van der Waals surface area contributed by atoms with E-state index in [1.165, 1.54) is 38.5 Å². The van der Waals surface area contributed by atoms with Gasteiger partial charge < -0.3 is 11.1 Å². The van der Waals surface area contributed by atoms with Crippen molar-refractivity contribution in [2.24, 2.45) is 5.73 Å². The van der Waals surface area contributed by atoms with E-state index in [-0.39, 0.29) is 5.54 Å². The predicted octanol–water partition coefficient (Wildman–Crippen LogP) is 2.04. The molecule has 0 aromatic carbocycles. The standard InChI is InChI=1S/C11H24N2/c1-3-4-5-8-11(2,9-12)13-10-6-7-10/h10,13H,3-9,12H2,1-2H3. The molecule has 0 radical (unpaired) electrons. The molecule has 0 aromatic rings. The van der Waals surface area contributed by atoms with Crippen LogP contribution >= 0.6 is 0 Å². The van der Waals surface area contributed by atoms with Crippen LogP contribution < -0.4 is 11.1 Å². The third-order valence-electron chi connectivity index (χ3n) is 2.91. The molecule has 2 nitrogen and oxygen atoms in total. The Labute approximate surface area is 82.3 Å². The SMILES string of the molecule is CCCCCC(C)(CN)NC1CC1. The average Bonchev–Trinajstić information content (AvgIpc) is 2.89. The topological polar surface area (TPSA) is 38.0 Å². The molecule has 1 unspecified atom stereocenters. The smallest absolute Gasteiger partial charge is 0.0278 e. The molecular weight excluding hydrogens is 160 g/mol. The fourth-order valence-electron chi connectivity index (χ4n) is 1.72. The molecule has 2 heteroatoms. The highest BCUT2D eigenvalue weighted by Gasteiger charge is 2.30. The lowest BCUT2D eigenvalue weighted by Crippen LogP contribution is -2.49. The Morgan fingerprint density at radius 1 is 1.38 bits per heavy atom. The molecule has 0 heterocycles. The zero-order valence-corrected chi connectivity index (χ0v) is 9.10. The van der Waals surface area contributed by atoms with Crippen LogP contribution in [-0.2, 0) is 0 Å². The summed E-state index contributed by atoms with van der Waals surface area (Å²) in [6.07, 6.45) is 7.87. The number of rotatable bonds is 7. The Kier molecular flexibility index (Phi) is 4.20. The number of hydrogen-bond acceptors (Lipinski definition) is 2. The third kappa shape index (κ3) is 4.10. The first-order valence-corrected chi connectivity index (χ1v) is 5.68. The van der Waals surface area contributed by atoms with Crippen molar-refractivity contribution in [2.45, 2.75) is 64.0 Å². The van der Waals surface area contributed by atoms with Crippen molar-refractivity contribution in [3.05, 3.63) is 0 Å². The van der Waals surface area contributed by atoms with Gasteiger partial charge in [0.15, 0.2) is 0 Å². The minimum atomic E-state index is 0.205. The van der Waals surface area contributed by atoms with E-state index < -0.39 is 0 Å². The fraction of sp³-hybridized carbons (Fsp3) is 1.00. The fourth-order valence-corrected chi connectivity index (χ4v) is 1.72. The zero-order chi connectivity index (χ0) is 9.73. The molecule has 3 N–H and O–H groups in total. The van der Waals surface area contributed by atoms with E-state index in [0.29, 0.717) is 0 Å². The van der Waals surface area contributed by atoms with Gasteiger partial charge in [0, 0.05) is 18.1 Å². The number of hydrogen-bond donors (Lipinski definition) is 2. The van der Waals surface area contributed by atoms with Crippen molar-refractivity contribution in [2.75, 3.05) is 6.54 Å². The van der Waals surface area contributed by atoms with Gasteiger partial charge in [-0.15, -0.1) is 0 Å².